The minimum absolute atomic E-state index is 0.124. The predicted octanol–water partition coefficient (Wildman–Crippen LogP) is 2.47. The van der Waals surface area contributed by atoms with Crippen LogP contribution in [0.2, 0.25) is 0 Å². The summed E-state index contributed by atoms with van der Waals surface area (Å²) in [7, 11) is 0. The van der Waals surface area contributed by atoms with Gasteiger partial charge in [0.25, 0.3) is 5.91 Å². The smallest absolute Gasteiger partial charge is 0.276 e. The predicted molar refractivity (Wildman–Crippen MR) is 111 cm³/mol. The van der Waals surface area contributed by atoms with Crippen LogP contribution in [0.25, 0.3) is 5.69 Å². The molecule has 1 aromatic carbocycles. The number of anilines is 1. The topological polar surface area (TPSA) is 80.1 Å². The summed E-state index contributed by atoms with van der Waals surface area (Å²) >= 11 is 0. The number of carbonyl (C=O) groups is 1. The molecule has 29 heavy (non-hydrogen) atoms. The minimum Gasteiger partial charge on any atom is -0.357 e. The molecule has 0 radical (unpaired) electrons. The van der Waals surface area contributed by atoms with Gasteiger partial charge in [-0.1, -0.05) is 24.3 Å². The lowest BCUT2D eigenvalue weighted by atomic mass is 10.2. The highest BCUT2D eigenvalue weighted by Gasteiger charge is 2.16. The number of rotatable bonds is 5. The van der Waals surface area contributed by atoms with E-state index in [1.807, 2.05) is 42.5 Å². The van der Waals surface area contributed by atoms with Crippen molar-refractivity contribution in [1.29, 1.82) is 0 Å². The molecular formula is C22H23N5O2. The van der Waals surface area contributed by atoms with Crippen molar-refractivity contribution in [3.63, 3.8) is 0 Å². The van der Waals surface area contributed by atoms with Crippen LogP contribution in [0, 0.1) is 6.92 Å². The van der Waals surface area contributed by atoms with Crippen LogP contribution in [-0.4, -0.2) is 33.8 Å². The van der Waals surface area contributed by atoms with Crippen LogP contribution < -0.4 is 15.6 Å². The standard InChI is InChI=1S/C22H23N5O2/c1-16-13-19(28)21(25-27(16)18-7-3-2-4-8-18)22(29)24-15-17-9-10-20(23-14-17)26-11-5-6-12-26/h2-4,7-10,13-14H,5-6,11-12,15H2,1H3,(H,24,29). The van der Waals surface area contributed by atoms with Gasteiger partial charge in [0.15, 0.2) is 5.69 Å². The Morgan fingerprint density at radius 1 is 1.10 bits per heavy atom. The number of aromatic nitrogens is 3. The first-order chi connectivity index (χ1) is 14.1. The maximum absolute atomic E-state index is 12.6. The molecular weight excluding hydrogens is 366 g/mol. The fourth-order valence-electron chi connectivity index (χ4n) is 3.46. The third-order valence-electron chi connectivity index (χ3n) is 5.02. The monoisotopic (exact) mass is 389 g/mol. The minimum atomic E-state index is -0.497. The molecule has 0 spiro atoms. The maximum Gasteiger partial charge on any atom is 0.276 e. The average Bonchev–Trinajstić information content (AvgIpc) is 3.28. The number of benzene rings is 1. The zero-order chi connectivity index (χ0) is 20.2. The summed E-state index contributed by atoms with van der Waals surface area (Å²) < 4.78 is 1.60. The van der Waals surface area contributed by atoms with Gasteiger partial charge in [-0.05, 0) is 43.5 Å². The van der Waals surface area contributed by atoms with Gasteiger partial charge in [0, 0.05) is 37.6 Å². The Morgan fingerprint density at radius 2 is 1.86 bits per heavy atom. The Hall–Kier alpha value is -3.48. The van der Waals surface area contributed by atoms with Gasteiger partial charge in [-0.2, -0.15) is 5.10 Å². The SMILES string of the molecule is Cc1cc(=O)c(C(=O)NCc2ccc(N3CCCC3)nc2)nn1-c1ccccc1. The molecule has 148 valence electrons. The summed E-state index contributed by atoms with van der Waals surface area (Å²) in [4.78, 5) is 31.6. The first-order valence-corrected chi connectivity index (χ1v) is 9.76. The lowest BCUT2D eigenvalue weighted by Gasteiger charge is -2.16. The van der Waals surface area contributed by atoms with Gasteiger partial charge in [-0.25, -0.2) is 9.67 Å². The number of pyridine rings is 1. The fourth-order valence-corrected chi connectivity index (χ4v) is 3.46. The number of amides is 1. The fraction of sp³-hybridized carbons (Fsp3) is 0.273. The number of nitrogens with one attached hydrogen (secondary N) is 1. The Morgan fingerprint density at radius 3 is 2.55 bits per heavy atom. The van der Waals surface area contributed by atoms with E-state index in [0.717, 1.165) is 30.2 Å². The molecule has 1 aliphatic rings. The maximum atomic E-state index is 12.6. The van der Waals surface area contributed by atoms with E-state index < -0.39 is 11.3 Å². The molecule has 3 aromatic rings. The van der Waals surface area contributed by atoms with E-state index in [2.05, 4.69) is 20.3 Å². The van der Waals surface area contributed by atoms with E-state index in [1.165, 1.54) is 18.9 Å². The zero-order valence-electron chi connectivity index (χ0n) is 16.3. The number of carbonyl (C=O) groups excluding carboxylic acids is 1. The molecule has 1 N–H and O–H groups in total. The Labute approximate surface area is 169 Å². The van der Waals surface area contributed by atoms with Crippen LogP contribution >= 0.6 is 0 Å². The van der Waals surface area contributed by atoms with Crippen LogP contribution in [-0.2, 0) is 6.54 Å². The van der Waals surface area contributed by atoms with E-state index in [4.69, 9.17) is 0 Å². The van der Waals surface area contributed by atoms with Crippen LogP contribution in [0.1, 0.15) is 34.6 Å². The summed E-state index contributed by atoms with van der Waals surface area (Å²) in [5.74, 6) is 0.465. The number of hydrogen-bond acceptors (Lipinski definition) is 5. The van der Waals surface area contributed by atoms with Gasteiger partial charge in [-0.15, -0.1) is 0 Å². The molecule has 3 heterocycles. The van der Waals surface area contributed by atoms with Crippen molar-refractivity contribution >= 4 is 11.7 Å². The van der Waals surface area contributed by atoms with E-state index >= 15 is 0 Å². The third kappa shape index (κ3) is 4.18. The summed E-state index contributed by atoms with van der Waals surface area (Å²) in [5.41, 5.74) is 1.81. The third-order valence-corrected chi connectivity index (χ3v) is 5.02. The first-order valence-electron chi connectivity index (χ1n) is 9.76. The van der Waals surface area contributed by atoms with Gasteiger partial charge in [0.2, 0.25) is 5.43 Å². The number of hydrogen-bond donors (Lipinski definition) is 1. The van der Waals surface area contributed by atoms with E-state index in [-0.39, 0.29) is 12.2 Å². The van der Waals surface area contributed by atoms with Gasteiger partial charge in [-0.3, -0.25) is 9.59 Å². The Balaban J connectivity index is 1.48. The van der Waals surface area contributed by atoms with Crippen molar-refractivity contribution in [2.45, 2.75) is 26.3 Å². The largest absolute Gasteiger partial charge is 0.357 e. The highest BCUT2D eigenvalue weighted by Crippen LogP contribution is 2.17. The molecule has 1 aliphatic heterocycles. The van der Waals surface area contributed by atoms with Crippen molar-refractivity contribution < 1.29 is 4.79 Å². The normalized spacial score (nSPS) is 13.5. The molecule has 7 heteroatoms. The molecule has 1 amide bonds. The number of para-hydroxylation sites is 1. The summed E-state index contributed by atoms with van der Waals surface area (Å²) in [6.45, 7) is 4.15. The van der Waals surface area contributed by atoms with Crippen LogP contribution in [0.4, 0.5) is 5.82 Å². The summed E-state index contributed by atoms with van der Waals surface area (Å²) in [6.07, 6.45) is 4.16. The molecule has 1 fully saturated rings. The average molecular weight is 389 g/mol. The molecule has 2 aromatic heterocycles. The molecule has 0 aliphatic carbocycles. The molecule has 7 nitrogen and oxygen atoms in total. The lowest BCUT2D eigenvalue weighted by molar-refractivity contribution is 0.0943. The molecule has 0 bridgehead atoms. The van der Waals surface area contributed by atoms with Gasteiger partial charge in [0.05, 0.1) is 5.69 Å². The van der Waals surface area contributed by atoms with Gasteiger partial charge < -0.3 is 10.2 Å². The van der Waals surface area contributed by atoms with Gasteiger partial charge in [0.1, 0.15) is 5.82 Å². The second-order valence-corrected chi connectivity index (χ2v) is 7.15. The highest BCUT2D eigenvalue weighted by molar-refractivity contribution is 5.92. The second kappa shape index (κ2) is 8.26. The van der Waals surface area contributed by atoms with Crippen molar-refractivity contribution in [3.8, 4) is 5.69 Å². The van der Waals surface area contributed by atoms with E-state index in [0.29, 0.717) is 5.69 Å². The van der Waals surface area contributed by atoms with Crippen molar-refractivity contribution in [1.82, 2.24) is 20.1 Å². The number of aryl methyl sites for hydroxylation is 1. The Bertz CT molecular complexity index is 1050. The lowest BCUT2D eigenvalue weighted by Crippen LogP contribution is -2.31. The van der Waals surface area contributed by atoms with Crippen LogP contribution in [0.3, 0.4) is 0 Å². The van der Waals surface area contributed by atoms with Crippen molar-refractivity contribution in [2.24, 2.45) is 0 Å². The second-order valence-electron chi connectivity index (χ2n) is 7.15. The summed E-state index contributed by atoms with van der Waals surface area (Å²) in [5, 5.41) is 7.07. The zero-order valence-corrected chi connectivity index (χ0v) is 16.3. The number of nitrogens with zero attached hydrogens (tertiary/aromatic N) is 4. The first kappa shape index (κ1) is 18.9. The van der Waals surface area contributed by atoms with Crippen molar-refractivity contribution in [2.75, 3.05) is 18.0 Å². The van der Waals surface area contributed by atoms with E-state index in [9.17, 15) is 9.59 Å². The molecule has 0 atom stereocenters. The van der Waals surface area contributed by atoms with Crippen LogP contribution in [0.15, 0.2) is 59.5 Å². The highest BCUT2D eigenvalue weighted by atomic mass is 16.2. The van der Waals surface area contributed by atoms with Crippen LogP contribution in [0.5, 0.6) is 0 Å². The van der Waals surface area contributed by atoms with Crippen molar-refractivity contribution in [3.05, 3.63) is 81.9 Å². The summed E-state index contributed by atoms with van der Waals surface area (Å²) in [6, 6.07) is 14.8. The van der Waals surface area contributed by atoms with Gasteiger partial charge >= 0.3 is 0 Å². The van der Waals surface area contributed by atoms with E-state index in [1.54, 1.807) is 17.8 Å². The molecule has 1 saturated heterocycles. The molecule has 4 rings (SSSR count). The quantitative estimate of drug-likeness (QED) is 0.725. The Kier molecular flexibility index (Phi) is 5.37. The molecule has 0 unspecified atom stereocenters. The molecule has 0 saturated carbocycles.